The molecule has 1 fully saturated rings. The van der Waals surface area contributed by atoms with E-state index in [9.17, 15) is 0 Å². The molecule has 0 amide bonds. The monoisotopic (exact) mass is 177 g/mol. The molecule has 3 nitrogen and oxygen atoms in total. The Kier molecular flexibility index (Phi) is 2.43. The van der Waals surface area contributed by atoms with Crippen molar-refractivity contribution < 1.29 is 0 Å². The van der Waals surface area contributed by atoms with E-state index in [1.165, 1.54) is 24.8 Å². The molecule has 13 heavy (non-hydrogen) atoms. The lowest BCUT2D eigenvalue weighted by atomic mass is 9.81. The second-order valence-electron chi connectivity index (χ2n) is 3.50. The predicted octanol–water partition coefficient (Wildman–Crippen LogP) is 2.18. The summed E-state index contributed by atoms with van der Waals surface area (Å²) in [6.45, 7) is 2.92. The Bertz CT molecular complexity index is 264. The summed E-state index contributed by atoms with van der Waals surface area (Å²) in [7, 11) is 0. The summed E-state index contributed by atoms with van der Waals surface area (Å²) in [5.74, 6) is 1.47. The van der Waals surface area contributed by atoms with Crippen LogP contribution in [0, 0.1) is 0 Å². The lowest BCUT2D eigenvalue weighted by Crippen LogP contribution is -2.10. The van der Waals surface area contributed by atoms with Gasteiger partial charge >= 0.3 is 0 Å². The van der Waals surface area contributed by atoms with Crippen molar-refractivity contribution in [3.63, 3.8) is 0 Å². The molecule has 1 aliphatic rings. The van der Waals surface area contributed by atoms with E-state index in [0.717, 1.165) is 18.4 Å². The van der Waals surface area contributed by atoms with E-state index < -0.39 is 0 Å². The minimum Gasteiger partial charge on any atom is -0.355 e. The second-order valence-corrected chi connectivity index (χ2v) is 3.50. The van der Waals surface area contributed by atoms with E-state index in [2.05, 4.69) is 15.3 Å². The summed E-state index contributed by atoms with van der Waals surface area (Å²) >= 11 is 0. The minimum atomic E-state index is 0.732. The van der Waals surface area contributed by atoms with Gasteiger partial charge in [-0.05, 0) is 31.2 Å². The van der Waals surface area contributed by atoms with Gasteiger partial charge in [-0.15, -0.1) is 0 Å². The van der Waals surface area contributed by atoms with E-state index in [0.29, 0.717) is 0 Å². The maximum absolute atomic E-state index is 4.25. The predicted molar refractivity (Wildman–Crippen MR) is 52.8 cm³/mol. The zero-order chi connectivity index (χ0) is 9.10. The Balaban J connectivity index is 2.04. The van der Waals surface area contributed by atoms with Gasteiger partial charge in [0.1, 0.15) is 0 Å². The van der Waals surface area contributed by atoms with E-state index in [4.69, 9.17) is 0 Å². The summed E-state index contributed by atoms with van der Waals surface area (Å²) in [5, 5.41) is 3.09. The second kappa shape index (κ2) is 3.73. The fraction of sp³-hybridized carbons (Fsp3) is 0.600. The molecule has 0 unspecified atom stereocenters. The third kappa shape index (κ3) is 1.79. The van der Waals surface area contributed by atoms with Crippen molar-refractivity contribution in [2.75, 3.05) is 11.9 Å². The van der Waals surface area contributed by atoms with Gasteiger partial charge in [0, 0.05) is 18.9 Å². The van der Waals surface area contributed by atoms with Gasteiger partial charge in [-0.2, -0.15) is 0 Å². The van der Waals surface area contributed by atoms with Crippen molar-refractivity contribution in [1.29, 1.82) is 0 Å². The summed E-state index contributed by atoms with van der Waals surface area (Å²) in [5.41, 5.74) is 1.30. The molecule has 3 heteroatoms. The van der Waals surface area contributed by atoms with Gasteiger partial charge in [0.2, 0.25) is 5.95 Å². The van der Waals surface area contributed by atoms with Crippen molar-refractivity contribution in [2.24, 2.45) is 0 Å². The molecule has 0 saturated heterocycles. The lowest BCUT2D eigenvalue weighted by Gasteiger charge is -2.24. The van der Waals surface area contributed by atoms with Crippen LogP contribution in [0.4, 0.5) is 5.95 Å². The number of hydrogen-bond acceptors (Lipinski definition) is 3. The Morgan fingerprint density at radius 1 is 1.38 bits per heavy atom. The van der Waals surface area contributed by atoms with Crippen molar-refractivity contribution in [3.8, 4) is 0 Å². The smallest absolute Gasteiger partial charge is 0.222 e. The van der Waals surface area contributed by atoms with Crippen LogP contribution in [-0.4, -0.2) is 16.5 Å². The Morgan fingerprint density at radius 3 is 2.54 bits per heavy atom. The van der Waals surface area contributed by atoms with Gasteiger partial charge in [-0.3, -0.25) is 0 Å². The van der Waals surface area contributed by atoms with Crippen LogP contribution < -0.4 is 5.32 Å². The van der Waals surface area contributed by atoms with Gasteiger partial charge in [-0.25, -0.2) is 9.97 Å². The first-order valence-electron chi connectivity index (χ1n) is 4.96. The molecule has 2 rings (SSSR count). The molecule has 0 aromatic carbocycles. The molecule has 0 radical (unpaired) electrons. The Hall–Kier alpha value is -1.12. The molecule has 1 N–H and O–H groups in total. The quantitative estimate of drug-likeness (QED) is 0.769. The minimum absolute atomic E-state index is 0.732. The summed E-state index contributed by atoms with van der Waals surface area (Å²) in [6, 6.07) is 0. The highest BCUT2D eigenvalue weighted by molar-refractivity contribution is 5.26. The van der Waals surface area contributed by atoms with Crippen molar-refractivity contribution in [1.82, 2.24) is 9.97 Å². The molecule has 70 valence electrons. The van der Waals surface area contributed by atoms with Crippen LogP contribution in [0.1, 0.15) is 37.7 Å². The average Bonchev–Trinajstić information content (AvgIpc) is 2.06. The molecule has 1 aliphatic carbocycles. The third-order valence-corrected chi connectivity index (χ3v) is 2.58. The van der Waals surface area contributed by atoms with E-state index >= 15 is 0 Å². The van der Waals surface area contributed by atoms with Crippen LogP contribution in [0.15, 0.2) is 12.4 Å². The summed E-state index contributed by atoms with van der Waals surface area (Å²) in [4.78, 5) is 8.50. The zero-order valence-corrected chi connectivity index (χ0v) is 7.95. The maximum atomic E-state index is 4.25. The molecule has 1 aromatic rings. The normalized spacial score (nSPS) is 16.7. The first-order chi connectivity index (χ1) is 6.40. The fourth-order valence-corrected chi connectivity index (χ4v) is 1.54. The van der Waals surface area contributed by atoms with Gasteiger partial charge < -0.3 is 5.32 Å². The van der Waals surface area contributed by atoms with Crippen LogP contribution >= 0.6 is 0 Å². The topological polar surface area (TPSA) is 37.8 Å². The number of nitrogens with one attached hydrogen (secondary N) is 1. The van der Waals surface area contributed by atoms with Crippen molar-refractivity contribution in [2.45, 2.75) is 32.1 Å². The Labute approximate surface area is 78.6 Å². The molecule has 1 aromatic heterocycles. The van der Waals surface area contributed by atoms with Gasteiger partial charge in [0.25, 0.3) is 0 Å². The summed E-state index contributed by atoms with van der Waals surface area (Å²) in [6.07, 6.45) is 7.89. The molecule has 0 bridgehead atoms. The van der Waals surface area contributed by atoms with Crippen LogP contribution in [0.5, 0.6) is 0 Å². The van der Waals surface area contributed by atoms with Gasteiger partial charge in [0.05, 0.1) is 0 Å². The van der Waals surface area contributed by atoms with Crippen LogP contribution in [0.2, 0.25) is 0 Å². The highest BCUT2D eigenvalue weighted by atomic mass is 15.1. The zero-order valence-electron chi connectivity index (χ0n) is 7.95. The highest BCUT2D eigenvalue weighted by Gasteiger charge is 2.19. The maximum Gasteiger partial charge on any atom is 0.222 e. The standard InChI is InChI=1S/C10H15N3/c1-2-11-10-12-6-9(7-13-10)8-4-3-5-8/h6-8H,2-5H2,1H3,(H,11,12,13). The number of hydrogen-bond donors (Lipinski definition) is 1. The largest absolute Gasteiger partial charge is 0.355 e. The number of anilines is 1. The molecular formula is C10H15N3. The molecule has 1 heterocycles. The average molecular weight is 177 g/mol. The SMILES string of the molecule is CCNc1ncc(C2CCC2)cn1. The van der Waals surface area contributed by atoms with Crippen molar-refractivity contribution in [3.05, 3.63) is 18.0 Å². The van der Waals surface area contributed by atoms with E-state index in [1.54, 1.807) is 0 Å². The first kappa shape index (κ1) is 8.48. The van der Waals surface area contributed by atoms with Gasteiger partial charge in [-0.1, -0.05) is 6.42 Å². The van der Waals surface area contributed by atoms with E-state index in [1.807, 2.05) is 19.3 Å². The van der Waals surface area contributed by atoms with Gasteiger partial charge in [0.15, 0.2) is 0 Å². The molecule has 0 atom stereocenters. The number of rotatable bonds is 3. The fourth-order valence-electron chi connectivity index (χ4n) is 1.54. The van der Waals surface area contributed by atoms with Crippen LogP contribution in [0.3, 0.4) is 0 Å². The number of nitrogens with zero attached hydrogens (tertiary/aromatic N) is 2. The Morgan fingerprint density at radius 2 is 2.08 bits per heavy atom. The highest BCUT2D eigenvalue weighted by Crippen LogP contribution is 2.35. The van der Waals surface area contributed by atoms with Crippen LogP contribution in [-0.2, 0) is 0 Å². The van der Waals surface area contributed by atoms with Crippen molar-refractivity contribution >= 4 is 5.95 Å². The lowest BCUT2D eigenvalue weighted by molar-refractivity contribution is 0.418. The molecule has 0 aliphatic heterocycles. The number of aromatic nitrogens is 2. The first-order valence-corrected chi connectivity index (χ1v) is 4.96. The third-order valence-electron chi connectivity index (χ3n) is 2.58. The molecule has 0 spiro atoms. The van der Waals surface area contributed by atoms with Crippen LogP contribution in [0.25, 0.3) is 0 Å². The van der Waals surface area contributed by atoms with E-state index in [-0.39, 0.29) is 0 Å². The molecular weight excluding hydrogens is 162 g/mol. The molecule has 1 saturated carbocycles. The summed E-state index contributed by atoms with van der Waals surface area (Å²) < 4.78 is 0.